The molecule has 1 heterocycles. The second-order valence-electron chi connectivity index (χ2n) is 3.64. The number of ether oxygens (including phenoxy) is 1. The maximum Gasteiger partial charge on any atom is 0.334 e. The van der Waals surface area contributed by atoms with Gasteiger partial charge in [-0.25, -0.2) is 4.79 Å². The molecular formula is C11H14O2. The number of carbonyl (C=O) groups excluding carboxylic acids is 1. The van der Waals surface area contributed by atoms with E-state index in [4.69, 9.17) is 4.74 Å². The van der Waals surface area contributed by atoms with E-state index in [1.54, 1.807) is 0 Å². The molecule has 0 saturated carbocycles. The van der Waals surface area contributed by atoms with Gasteiger partial charge in [0.05, 0.1) is 0 Å². The predicted molar refractivity (Wildman–Crippen MR) is 50.2 cm³/mol. The molecule has 0 aromatic carbocycles. The van der Waals surface area contributed by atoms with Gasteiger partial charge in [-0.05, 0) is 25.7 Å². The van der Waals surface area contributed by atoms with Crippen LogP contribution in [0.3, 0.4) is 0 Å². The summed E-state index contributed by atoms with van der Waals surface area (Å²) < 4.78 is 5.22. The lowest BCUT2D eigenvalue weighted by atomic mass is 10.0. The molecule has 1 aliphatic heterocycles. The Labute approximate surface area is 78.3 Å². The molecule has 2 bridgehead atoms. The number of esters is 1. The molecule has 0 amide bonds. The van der Waals surface area contributed by atoms with Crippen molar-refractivity contribution in [2.24, 2.45) is 0 Å². The standard InChI is InChI=1S/C11H14O2/c12-11-9-6-4-2-1-3-5-7-10(8-9)13-11/h2,4,6,10H,1,3,5,7-8H2/b4-2-,9-6+/t10-/m1/s1. The SMILES string of the molecule is O=C1O[C@@H]2CCCC/C=C\C=C\1C2. The number of carbonyl (C=O) groups is 1. The summed E-state index contributed by atoms with van der Waals surface area (Å²) in [6.07, 6.45) is 11.5. The Morgan fingerprint density at radius 1 is 1.38 bits per heavy atom. The van der Waals surface area contributed by atoms with Gasteiger partial charge in [0.25, 0.3) is 0 Å². The summed E-state index contributed by atoms with van der Waals surface area (Å²) >= 11 is 0. The summed E-state index contributed by atoms with van der Waals surface area (Å²) in [5.74, 6) is -0.114. The molecule has 13 heavy (non-hydrogen) atoms. The largest absolute Gasteiger partial charge is 0.459 e. The van der Waals surface area contributed by atoms with Crippen LogP contribution in [0.25, 0.3) is 0 Å². The number of hydrogen-bond acceptors (Lipinski definition) is 2. The molecular weight excluding hydrogens is 164 g/mol. The Hall–Kier alpha value is -1.05. The average molecular weight is 178 g/mol. The third-order valence-electron chi connectivity index (χ3n) is 2.56. The van der Waals surface area contributed by atoms with Crippen molar-refractivity contribution in [2.75, 3.05) is 0 Å². The highest BCUT2D eigenvalue weighted by Gasteiger charge is 2.27. The van der Waals surface area contributed by atoms with Gasteiger partial charge < -0.3 is 4.74 Å². The summed E-state index contributed by atoms with van der Waals surface area (Å²) in [4.78, 5) is 11.3. The highest BCUT2D eigenvalue weighted by Crippen LogP contribution is 2.25. The van der Waals surface area contributed by atoms with Gasteiger partial charge >= 0.3 is 5.97 Å². The highest BCUT2D eigenvalue weighted by molar-refractivity contribution is 5.91. The molecule has 2 aliphatic rings. The lowest BCUT2D eigenvalue weighted by molar-refractivity contribution is -0.139. The first-order chi connectivity index (χ1) is 6.36. The van der Waals surface area contributed by atoms with Crippen LogP contribution in [0, 0.1) is 0 Å². The molecule has 1 aliphatic carbocycles. The molecule has 70 valence electrons. The van der Waals surface area contributed by atoms with E-state index < -0.39 is 0 Å². The van der Waals surface area contributed by atoms with Gasteiger partial charge in [0, 0.05) is 12.0 Å². The fourth-order valence-electron chi connectivity index (χ4n) is 1.81. The van der Waals surface area contributed by atoms with Crippen LogP contribution in [0.5, 0.6) is 0 Å². The van der Waals surface area contributed by atoms with Crippen LogP contribution in [0.2, 0.25) is 0 Å². The van der Waals surface area contributed by atoms with Gasteiger partial charge in [-0.15, -0.1) is 0 Å². The molecule has 2 rings (SSSR count). The van der Waals surface area contributed by atoms with E-state index in [0.717, 1.165) is 31.3 Å². The van der Waals surface area contributed by atoms with Crippen LogP contribution in [0.4, 0.5) is 0 Å². The zero-order chi connectivity index (χ0) is 9.10. The lowest BCUT2D eigenvalue weighted by Crippen LogP contribution is -2.05. The average Bonchev–Trinajstić information content (AvgIpc) is 2.45. The fraction of sp³-hybridized carbons (Fsp3) is 0.545. The summed E-state index contributed by atoms with van der Waals surface area (Å²) in [6.45, 7) is 0. The Balaban J connectivity index is 2.14. The molecule has 2 heteroatoms. The van der Waals surface area contributed by atoms with Crippen LogP contribution in [0.1, 0.15) is 32.1 Å². The zero-order valence-electron chi connectivity index (χ0n) is 7.66. The first-order valence-corrected chi connectivity index (χ1v) is 4.93. The van der Waals surface area contributed by atoms with E-state index in [-0.39, 0.29) is 12.1 Å². The molecule has 1 atom stereocenters. The van der Waals surface area contributed by atoms with Crippen LogP contribution in [-0.4, -0.2) is 12.1 Å². The van der Waals surface area contributed by atoms with Crippen LogP contribution < -0.4 is 0 Å². The summed E-state index contributed by atoms with van der Waals surface area (Å²) in [6, 6.07) is 0. The van der Waals surface area contributed by atoms with Crippen molar-refractivity contribution in [1.29, 1.82) is 0 Å². The molecule has 0 spiro atoms. The molecule has 2 nitrogen and oxygen atoms in total. The Bertz CT molecular complexity index is 263. The molecule has 0 aromatic rings. The van der Waals surface area contributed by atoms with E-state index in [1.165, 1.54) is 6.42 Å². The Morgan fingerprint density at radius 2 is 2.31 bits per heavy atom. The van der Waals surface area contributed by atoms with Crippen molar-refractivity contribution in [2.45, 2.75) is 38.2 Å². The molecule has 0 unspecified atom stereocenters. The minimum atomic E-state index is -0.114. The van der Waals surface area contributed by atoms with Crippen molar-refractivity contribution in [3.05, 3.63) is 23.8 Å². The summed E-state index contributed by atoms with van der Waals surface area (Å²) in [5.41, 5.74) is 0.836. The predicted octanol–water partition coefficient (Wildman–Crippen LogP) is 2.36. The molecule has 0 N–H and O–H groups in total. The van der Waals surface area contributed by atoms with Gasteiger partial charge in [0.15, 0.2) is 0 Å². The zero-order valence-corrected chi connectivity index (χ0v) is 7.66. The molecule has 1 fully saturated rings. The monoisotopic (exact) mass is 178 g/mol. The lowest BCUT2D eigenvalue weighted by Gasteiger charge is -2.07. The van der Waals surface area contributed by atoms with Crippen molar-refractivity contribution in [3.63, 3.8) is 0 Å². The van der Waals surface area contributed by atoms with Crippen molar-refractivity contribution >= 4 is 5.97 Å². The van der Waals surface area contributed by atoms with E-state index in [9.17, 15) is 4.79 Å². The first-order valence-electron chi connectivity index (χ1n) is 4.93. The maximum absolute atomic E-state index is 11.3. The van der Waals surface area contributed by atoms with Gasteiger partial charge in [-0.3, -0.25) is 0 Å². The number of rotatable bonds is 0. The second kappa shape index (κ2) is 3.77. The minimum absolute atomic E-state index is 0.114. The van der Waals surface area contributed by atoms with Crippen molar-refractivity contribution in [1.82, 2.24) is 0 Å². The van der Waals surface area contributed by atoms with Crippen LogP contribution >= 0.6 is 0 Å². The fourth-order valence-corrected chi connectivity index (χ4v) is 1.81. The van der Waals surface area contributed by atoms with Gasteiger partial charge in [-0.2, -0.15) is 0 Å². The maximum atomic E-state index is 11.3. The molecule has 0 radical (unpaired) electrons. The Kier molecular flexibility index (Phi) is 2.48. The van der Waals surface area contributed by atoms with Crippen molar-refractivity contribution < 1.29 is 9.53 Å². The number of hydrogen-bond donors (Lipinski definition) is 0. The first kappa shape index (κ1) is 8.54. The molecule has 1 saturated heterocycles. The molecule has 0 aromatic heterocycles. The van der Waals surface area contributed by atoms with Crippen LogP contribution in [-0.2, 0) is 9.53 Å². The van der Waals surface area contributed by atoms with E-state index in [0.29, 0.717) is 0 Å². The Morgan fingerprint density at radius 3 is 3.23 bits per heavy atom. The van der Waals surface area contributed by atoms with Gasteiger partial charge in [0.2, 0.25) is 0 Å². The number of allylic oxidation sites excluding steroid dienone is 3. The van der Waals surface area contributed by atoms with E-state index in [2.05, 4.69) is 6.08 Å². The summed E-state index contributed by atoms with van der Waals surface area (Å²) in [7, 11) is 0. The van der Waals surface area contributed by atoms with Gasteiger partial charge in [0.1, 0.15) is 6.10 Å². The third kappa shape index (κ3) is 2.00. The normalized spacial score (nSPS) is 34.6. The smallest absolute Gasteiger partial charge is 0.334 e. The number of fused-ring (bicyclic) bond motifs is 2. The minimum Gasteiger partial charge on any atom is -0.459 e. The topological polar surface area (TPSA) is 26.3 Å². The third-order valence-corrected chi connectivity index (χ3v) is 2.56. The second-order valence-corrected chi connectivity index (χ2v) is 3.64. The van der Waals surface area contributed by atoms with Gasteiger partial charge in [-0.1, -0.05) is 18.2 Å². The van der Waals surface area contributed by atoms with E-state index >= 15 is 0 Å². The van der Waals surface area contributed by atoms with Crippen molar-refractivity contribution in [3.8, 4) is 0 Å². The van der Waals surface area contributed by atoms with Crippen LogP contribution in [0.15, 0.2) is 23.8 Å². The van der Waals surface area contributed by atoms with E-state index in [1.807, 2.05) is 12.2 Å². The highest BCUT2D eigenvalue weighted by atomic mass is 16.5. The summed E-state index contributed by atoms with van der Waals surface area (Å²) in [5, 5.41) is 0. The quantitative estimate of drug-likeness (QED) is 0.532.